The van der Waals surface area contributed by atoms with Crippen molar-refractivity contribution in [3.05, 3.63) is 59.9 Å². The van der Waals surface area contributed by atoms with E-state index in [4.69, 9.17) is 47.0 Å². The largest absolute Gasteiger partial charge is 0.331 e. The number of hydrogen-bond donors (Lipinski definition) is 2. The molecule has 0 aliphatic carbocycles. The molecule has 0 aliphatic rings. The van der Waals surface area contributed by atoms with Gasteiger partial charge in [0.05, 0.1) is 15.7 Å². The third-order valence-corrected chi connectivity index (χ3v) is 6.28. The average molecular weight is 542 g/mol. The summed E-state index contributed by atoms with van der Waals surface area (Å²) in [5.41, 5.74) is 0.613. The van der Waals surface area contributed by atoms with Crippen molar-refractivity contribution < 1.29 is 4.79 Å². The molecule has 0 spiro atoms. The molecule has 0 fully saturated rings. The van der Waals surface area contributed by atoms with E-state index in [2.05, 4.69) is 33.2 Å². The lowest BCUT2D eigenvalue weighted by molar-refractivity contribution is 0.0982. The molecule has 1 heterocycles. The minimum atomic E-state index is -0.388. The van der Waals surface area contributed by atoms with Gasteiger partial charge in [-0.25, -0.2) is 0 Å². The molecule has 1 aromatic heterocycles. The molecule has 0 saturated heterocycles. The first-order valence-electron chi connectivity index (χ1n) is 6.80. The van der Waals surface area contributed by atoms with Gasteiger partial charge in [-0.15, -0.1) is 11.3 Å². The predicted molar refractivity (Wildman–Crippen MR) is 120 cm³/mol. The molecule has 0 aliphatic heterocycles. The van der Waals surface area contributed by atoms with Crippen LogP contribution in [0, 0.1) is 3.57 Å². The van der Waals surface area contributed by atoms with Gasteiger partial charge in [0.15, 0.2) is 5.11 Å². The van der Waals surface area contributed by atoms with Crippen molar-refractivity contribution in [2.45, 2.75) is 0 Å². The van der Waals surface area contributed by atoms with Crippen LogP contribution in [0.5, 0.6) is 0 Å². The van der Waals surface area contributed by atoms with Crippen LogP contribution in [0.25, 0.3) is 10.1 Å². The molecule has 0 radical (unpaired) electrons. The van der Waals surface area contributed by atoms with Gasteiger partial charge < -0.3 is 5.32 Å². The monoisotopic (exact) mass is 540 g/mol. The zero-order valence-electron chi connectivity index (χ0n) is 12.2. The Bertz CT molecular complexity index is 1010. The van der Waals surface area contributed by atoms with Crippen molar-refractivity contribution in [1.29, 1.82) is 0 Å². The third kappa shape index (κ3) is 4.37. The van der Waals surface area contributed by atoms with Crippen LogP contribution < -0.4 is 10.6 Å². The first kappa shape index (κ1) is 19.1. The molecule has 1 amide bonds. The Morgan fingerprint density at radius 2 is 1.88 bits per heavy atom. The summed E-state index contributed by atoms with van der Waals surface area (Å²) in [6.07, 6.45) is 0. The number of carbonyl (C=O) groups is 1. The first-order chi connectivity index (χ1) is 11.8. The summed E-state index contributed by atoms with van der Waals surface area (Å²) in [6.45, 7) is 0. The predicted octanol–water partition coefficient (Wildman–Crippen LogP) is 6.59. The van der Waals surface area contributed by atoms with E-state index >= 15 is 0 Å². The lowest BCUT2D eigenvalue weighted by Crippen LogP contribution is -2.33. The summed E-state index contributed by atoms with van der Waals surface area (Å²) in [6, 6.07) is 10.8. The fourth-order valence-corrected chi connectivity index (χ4v) is 4.88. The molecule has 0 unspecified atom stereocenters. The fraction of sp³-hybridized carbons (Fsp3) is 0. The SMILES string of the molecule is O=C(NC(=S)Nc1ccc(I)cc1Cl)c1sc2cc(Cl)ccc2c1Cl. The molecular weight excluding hydrogens is 534 g/mol. The Hall–Kier alpha value is -0.640. The Balaban J connectivity index is 1.77. The van der Waals surface area contributed by atoms with Crippen molar-refractivity contribution >= 4 is 108 Å². The second-order valence-electron chi connectivity index (χ2n) is 4.92. The summed E-state index contributed by atoms with van der Waals surface area (Å²) < 4.78 is 1.83. The number of thiophene rings is 1. The maximum atomic E-state index is 12.5. The van der Waals surface area contributed by atoms with Crippen molar-refractivity contribution in [2.75, 3.05) is 5.32 Å². The Morgan fingerprint density at radius 1 is 1.12 bits per heavy atom. The van der Waals surface area contributed by atoms with Crippen LogP contribution in [-0.2, 0) is 0 Å². The highest BCUT2D eigenvalue weighted by Gasteiger charge is 2.18. The summed E-state index contributed by atoms with van der Waals surface area (Å²) in [5.74, 6) is -0.388. The topological polar surface area (TPSA) is 41.1 Å². The number of benzene rings is 2. The molecule has 25 heavy (non-hydrogen) atoms. The van der Waals surface area contributed by atoms with Gasteiger partial charge in [0.1, 0.15) is 4.88 Å². The highest BCUT2D eigenvalue weighted by Crippen LogP contribution is 2.36. The Kier molecular flexibility index (Phi) is 6.07. The quantitative estimate of drug-likeness (QED) is 0.284. The van der Waals surface area contributed by atoms with E-state index in [0.29, 0.717) is 25.6 Å². The number of rotatable bonds is 2. The van der Waals surface area contributed by atoms with E-state index in [9.17, 15) is 4.79 Å². The van der Waals surface area contributed by atoms with Crippen molar-refractivity contribution in [3.8, 4) is 0 Å². The molecule has 3 nitrogen and oxygen atoms in total. The van der Waals surface area contributed by atoms with Gasteiger partial charge in [0.2, 0.25) is 0 Å². The van der Waals surface area contributed by atoms with E-state index < -0.39 is 0 Å². The lowest BCUT2D eigenvalue weighted by atomic mass is 10.2. The maximum Gasteiger partial charge on any atom is 0.269 e. The van der Waals surface area contributed by atoms with E-state index in [0.717, 1.165) is 13.7 Å². The molecular formula is C16H8Cl3IN2OS2. The maximum absolute atomic E-state index is 12.5. The van der Waals surface area contributed by atoms with E-state index in [1.54, 1.807) is 30.3 Å². The van der Waals surface area contributed by atoms with Crippen LogP contribution in [0.3, 0.4) is 0 Å². The number of anilines is 1. The minimum Gasteiger partial charge on any atom is -0.331 e. The van der Waals surface area contributed by atoms with Crippen LogP contribution in [-0.4, -0.2) is 11.0 Å². The van der Waals surface area contributed by atoms with Gasteiger partial charge >= 0.3 is 0 Å². The van der Waals surface area contributed by atoms with Crippen LogP contribution in [0.2, 0.25) is 15.1 Å². The smallest absolute Gasteiger partial charge is 0.269 e. The van der Waals surface area contributed by atoms with Crippen LogP contribution in [0.15, 0.2) is 36.4 Å². The van der Waals surface area contributed by atoms with Gasteiger partial charge in [-0.05, 0) is 65.1 Å². The van der Waals surface area contributed by atoms with E-state index in [1.807, 2.05) is 6.07 Å². The van der Waals surface area contributed by atoms with Gasteiger partial charge in [-0.1, -0.05) is 40.9 Å². The lowest BCUT2D eigenvalue weighted by Gasteiger charge is -2.10. The summed E-state index contributed by atoms with van der Waals surface area (Å²) in [5, 5.41) is 7.92. The van der Waals surface area contributed by atoms with Crippen molar-refractivity contribution in [1.82, 2.24) is 5.32 Å². The first-order valence-corrected chi connectivity index (χ1v) is 10.2. The van der Waals surface area contributed by atoms with Crippen molar-refractivity contribution in [2.24, 2.45) is 0 Å². The van der Waals surface area contributed by atoms with Crippen molar-refractivity contribution in [3.63, 3.8) is 0 Å². The number of amides is 1. The van der Waals surface area contributed by atoms with Gasteiger partial charge in [-0.3, -0.25) is 10.1 Å². The molecule has 3 aromatic rings. The average Bonchev–Trinajstić information content (AvgIpc) is 2.86. The molecule has 3 rings (SSSR count). The van der Waals surface area contributed by atoms with Gasteiger partial charge in [-0.2, -0.15) is 0 Å². The number of thiocarbonyl (C=S) groups is 1. The number of hydrogen-bond acceptors (Lipinski definition) is 3. The summed E-state index contributed by atoms with van der Waals surface area (Å²) >= 11 is 27.0. The Morgan fingerprint density at radius 3 is 2.60 bits per heavy atom. The standard InChI is InChI=1S/C16H8Cl3IN2OS2/c17-7-1-3-9-12(5-7)25-14(13(9)19)15(23)22-16(24)21-11-4-2-8(20)6-10(11)18/h1-6H,(H2,21,22,23,24). The number of fused-ring (bicyclic) bond motifs is 1. The second kappa shape index (κ2) is 7.94. The number of carbonyl (C=O) groups excluding carboxylic acids is 1. The van der Waals surface area contributed by atoms with Crippen LogP contribution in [0.4, 0.5) is 5.69 Å². The summed E-state index contributed by atoms with van der Waals surface area (Å²) in [7, 11) is 0. The number of nitrogens with one attached hydrogen (secondary N) is 2. The normalized spacial score (nSPS) is 10.7. The van der Waals surface area contributed by atoms with E-state index in [1.165, 1.54) is 11.3 Å². The summed E-state index contributed by atoms with van der Waals surface area (Å²) in [4.78, 5) is 12.9. The van der Waals surface area contributed by atoms with Crippen LogP contribution >= 0.6 is 80.9 Å². The molecule has 9 heteroatoms. The molecule has 0 atom stereocenters. The zero-order valence-corrected chi connectivity index (χ0v) is 18.3. The van der Waals surface area contributed by atoms with E-state index in [-0.39, 0.29) is 11.0 Å². The molecule has 0 saturated carbocycles. The highest BCUT2D eigenvalue weighted by atomic mass is 127. The van der Waals surface area contributed by atoms with Crippen LogP contribution in [0.1, 0.15) is 9.67 Å². The fourth-order valence-electron chi connectivity index (χ4n) is 2.09. The second-order valence-corrected chi connectivity index (χ2v) is 8.85. The zero-order chi connectivity index (χ0) is 18.1. The molecule has 0 bridgehead atoms. The van der Waals surface area contributed by atoms with Gasteiger partial charge in [0, 0.05) is 18.7 Å². The molecule has 2 N–H and O–H groups in total. The highest BCUT2D eigenvalue weighted by molar-refractivity contribution is 14.1. The third-order valence-electron chi connectivity index (χ3n) is 3.20. The molecule has 2 aromatic carbocycles. The molecule has 128 valence electrons. The minimum absolute atomic E-state index is 0.139. The number of halogens is 4. The Labute approximate surface area is 181 Å². The van der Waals surface area contributed by atoms with Gasteiger partial charge in [0.25, 0.3) is 5.91 Å².